The van der Waals surface area contributed by atoms with Gasteiger partial charge in [0.2, 0.25) is 0 Å². The summed E-state index contributed by atoms with van der Waals surface area (Å²) >= 11 is 6.40. The summed E-state index contributed by atoms with van der Waals surface area (Å²) in [5.41, 5.74) is 2.32. The highest BCUT2D eigenvalue weighted by atomic mass is 35.5. The van der Waals surface area contributed by atoms with Crippen molar-refractivity contribution in [2.45, 2.75) is 38.3 Å². The number of likely N-dealkylation sites (tertiary alicyclic amines) is 1. The normalized spacial score (nSPS) is 16.8. The van der Waals surface area contributed by atoms with Crippen LogP contribution in [0.15, 0.2) is 42.9 Å². The van der Waals surface area contributed by atoms with Gasteiger partial charge < -0.3 is 4.90 Å². The van der Waals surface area contributed by atoms with Gasteiger partial charge in [-0.2, -0.15) is 10.2 Å². The Balaban J connectivity index is 1.53. The van der Waals surface area contributed by atoms with Gasteiger partial charge in [0.05, 0.1) is 34.4 Å². The Bertz CT molecular complexity index is 1070. The van der Waals surface area contributed by atoms with Crippen LogP contribution in [-0.2, 0) is 13.6 Å². The third kappa shape index (κ3) is 4.46. The number of halogens is 1. The Hall–Kier alpha value is -3.20. The third-order valence-corrected chi connectivity index (χ3v) is 5.93. The number of nitrogens with zero attached hydrogens (tertiary/aromatic N) is 6. The van der Waals surface area contributed by atoms with Gasteiger partial charge in [0.25, 0.3) is 5.91 Å². The molecule has 9 nitrogen and oxygen atoms in total. The molecule has 1 unspecified atom stereocenters. The van der Waals surface area contributed by atoms with Crippen LogP contribution in [0.5, 0.6) is 0 Å². The van der Waals surface area contributed by atoms with Crippen LogP contribution in [0.1, 0.15) is 53.3 Å². The minimum absolute atomic E-state index is 0.0366. The molecular formula is C21H23ClN6O3. The largest absolute Gasteiger partial charge is 0.330 e. The number of benzene rings is 1. The lowest BCUT2D eigenvalue weighted by atomic mass is 10.0. The van der Waals surface area contributed by atoms with Crippen LogP contribution in [0.3, 0.4) is 0 Å². The van der Waals surface area contributed by atoms with E-state index in [2.05, 4.69) is 10.2 Å². The number of rotatable bonds is 5. The molecule has 1 aromatic carbocycles. The van der Waals surface area contributed by atoms with Gasteiger partial charge in [-0.05, 0) is 30.5 Å². The van der Waals surface area contributed by atoms with Crippen LogP contribution in [-0.4, -0.2) is 41.8 Å². The van der Waals surface area contributed by atoms with Crippen molar-refractivity contribution in [1.29, 1.82) is 0 Å². The van der Waals surface area contributed by atoms with Crippen LogP contribution < -0.4 is 0 Å². The van der Waals surface area contributed by atoms with E-state index in [-0.39, 0.29) is 17.6 Å². The van der Waals surface area contributed by atoms with Crippen molar-refractivity contribution in [1.82, 2.24) is 24.5 Å². The smallest absolute Gasteiger partial charge is 0.307 e. The Morgan fingerprint density at radius 1 is 1.19 bits per heavy atom. The molecule has 2 aromatic heterocycles. The number of hydrogen-bond donors (Lipinski definition) is 0. The maximum atomic E-state index is 13.4. The van der Waals surface area contributed by atoms with Crippen molar-refractivity contribution in [3.63, 3.8) is 0 Å². The summed E-state index contributed by atoms with van der Waals surface area (Å²) in [6.45, 7) is 1.06. The summed E-state index contributed by atoms with van der Waals surface area (Å²) < 4.78 is 3.26. The van der Waals surface area contributed by atoms with E-state index in [0.717, 1.165) is 36.9 Å². The van der Waals surface area contributed by atoms with Crippen molar-refractivity contribution < 1.29 is 9.72 Å². The number of aromatic nitrogens is 4. The molecule has 4 rings (SSSR count). The van der Waals surface area contributed by atoms with E-state index in [9.17, 15) is 14.9 Å². The number of hydrogen-bond acceptors (Lipinski definition) is 5. The summed E-state index contributed by atoms with van der Waals surface area (Å²) in [5.74, 6) is -0.0366. The van der Waals surface area contributed by atoms with E-state index in [1.54, 1.807) is 23.0 Å². The summed E-state index contributed by atoms with van der Waals surface area (Å²) in [6, 6.07) is 7.18. The minimum Gasteiger partial charge on any atom is -0.330 e. The molecule has 1 aliphatic heterocycles. The predicted octanol–water partition coefficient (Wildman–Crippen LogP) is 3.98. The lowest BCUT2D eigenvalue weighted by molar-refractivity contribution is -0.385. The molecule has 1 aliphatic rings. The predicted molar refractivity (Wildman–Crippen MR) is 115 cm³/mol. The van der Waals surface area contributed by atoms with E-state index < -0.39 is 4.92 Å². The monoisotopic (exact) mass is 442 g/mol. The number of amides is 1. The minimum atomic E-state index is -0.475. The molecule has 1 amide bonds. The highest BCUT2D eigenvalue weighted by molar-refractivity contribution is 6.31. The van der Waals surface area contributed by atoms with Gasteiger partial charge in [-0.25, -0.2) is 0 Å². The van der Waals surface area contributed by atoms with Gasteiger partial charge in [0, 0.05) is 19.2 Å². The number of carbonyl (C=O) groups is 1. The van der Waals surface area contributed by atoms with Gasteiger partial charge in [-0.1, -0.05) is 36.6 Å². The Kier molecular flexibility index (Phi) is 6.03. The Morgan fingerprint density at radius 2 is 1.97 bits per heavy atom. The van der Waals surface area contributed by atoms with Crippen LogP contribution in [0.25, 0.3) is 0 Å². The average molecular weight is 443 g/mol. The molecule has 1 atom stereocenters. The second-order valence-electron chi connectivity index (χ2n) is 7.72. The molecule has 3 heterocycles. The SMILES string of the molecule is Cn1ncc(Cl)c1C1CCCCCN1C(=O)c1ccc(Cn2cc([N+](=O)[O-])cn2)cc1. The Morgan fingerprint density at radius 3 is 2.61 bits per heavy atom. The van der Waals surface area contributed by atoms with E-state index >= 15 is 0 Å². The third-order valence-electron chi connectivity index (χ3n) is 5.64. The van der Waals surface area contributed by atoms with Crippen molar-refractivity contribution in [2.75, 3.05) is 6.54 Å². The molecule has 3 aromatic rings. The van der Waals surface area contributed by atoms with Crippen molar-refractivity contribution in [2.24, 2.45) is 7.05 Å². The maximum absolute atomic E-state index is 13.4. The van der Waals surface area contributed by atoms with Crippen molar-refractivity contribution >= 4 is 23.2 Å². The van der Waals surface area contributed by atoms with E-state index in [1.807, 2.05) is 24.1 Å². The second-order valence-corrected chi connectivity index (χ2v) is 8.12. The lowest BCUT2D eigenvalue weighted by Crippen LogP contribution is -2.35. The first-order chi connectivity index (χ1) is 14.9. The molecule has 0 saturated carbocycles. The summed E-state index contributed by atoms with van der Waals surface area (Å²) in [7, 11) is 1.85. The quantitative estimate of drug-likeness (QED) is 0.439. The zero-order valence-corrected chi connectivity index (χ0v) is 17.9. The van der Waals surface area contributed by atoms with Crippen LogP contribution in [0.2, 0.25) is 5.02 Å². The van der Waals surface area contributed by atoms with Crippen molar-refractivity contribution in [3.8, 4) is 0 Å². The highest BCUT2D eigenvalue weighted by Gasteiger charge is 2.31. The zero-order chi connectivity index (χ0) is 22.0. The van der Waals surface area contributed by atoms with Gasteiger partial charge in [0.1, 0.15) is 12.4 Å². The lowest BCUT2D eigenvalue weighted by Gasteiger charge is -2.30. The molecule has 1 saturated heterocycles. The summed E-state index contributed by atoms with van der Waals surface area (Å²) in [6.07, 6.45) is 8.14. The second kappa shape index (κ2) is 8.89. The maximum Gasteiger partial charge on any atom is 0.307 e. The molecule has 0 radical (unpaired) electrons. The van der Waals surface area contributed by atoms with E-state index in [4.69, 9.17) is 11.6 Å². The van der Waals surface area contributed by atoms with Gasteiger partial charge >= 0.3 is 5.69 Å². The van der Waals surface area contributed by atoms with Crippen LogP contribution in [0.4, 0.5) is 5.69 Å². The van der Waals surface area contributed by atoms with Gasteiger partial charge in [-0.15, -0.1) is 0 Å². The summed E-state index contributed by atoms with van der Waals surface area (Å²) in [4.78, 5) is 25.6. The fourth-order valence-electron chi connectivity index (χ4n) is 4.07. The average Bonchev–Trinajstić information content (AvgIpc) is 3.27. The van der Waals surface area contributed by atoms with E-state index in [1.165, 1.54) is 17.1 Å². The summed E-state index contributed by atoms with van der Waals surface area (Å²) in [5, 5.41) is 19.6. The molecule has 31 heavy (non-hydrogen) atoms. The van der Waals surface area contributed by atoms with Crippen LogP contribution >= 0.6 is 11.6 Å². The standard InChI is InChI=1S/C21H23ClN6O3/c1-25-20(18(22)12-23-25)19-5-3-2-4-10-27(19)21(29)16-8-6-15(7-9-16)13-26-14-17(11-24-26)28(30)31/h6-9,11-12,14,19H,2-5,10,13H2,1H3. The van der Waals surface area contributed by atoms with Gasteiger partial charge in [-0.3, -0.25) is 24.3 Å². The van der Waals surface area contributed by atoms with Crippen LogP contribution in [0, 0.1) is 10.1 Å². The fraction of sp³-hybridized carbons (Fsp3) is 0.381. The number of nitro groups is 1. The molecule has 10 heteroatoms. The molecule has 0 spiro atoms. The zero-order valence-electron chi connectivity index (χ0n) is 17.1. The van der Waals surface area contributed by atoms with Gasteiger partial charge in [0.15, 0.2) is 0 Å². The topological polar surface area (TPSA) is 99.1 Å². The number of aryl methyl sites for hydroxylation is 1. The number of carbonyl (C=O) groups excluding carboxylic acids is 1. The molecular weight excluding hydrogens is 420 g/mol. The Labute approximate surface area is 184 Å². The molecule has 0 N–H and O–H groups in total. The first-order valence-electron chi connectivity index (χ1n) is 10.2. The molecule has 1 fully saturated rings. The first kappa shape index (κ1) is 21.0. The molecule has 0 bridgehead atoms. The van der Waals surface area contributed by atoms with Crippen molar-refractivity contribution in [3.05, 3.63) is 74.8 Å². The molecule has 162 valence electrons. The highest BCUT2D eigenvalue weighted by Crippen LogP contribution is 2.34. The molecule has 0 aliphatic carbocycles. The van der Waals surface area contributed by atoms with E-state index in [0.29, 0.717) is 23.7 Å². The fourth-order valence-corrected chi connectivity index (χ4v) is 4.36. The first-order valence-corrected chi connectivity index (χ1v) is 10.6.